The van der Waals surface area contributed by atoms with Gasteiger partial charge in [0, 0.05) is 10.9 Å². The van der Waals surface area contributed by atoms with Gasteiger partial charge in [0.15, 0.2) is 0 Å². The molecule has 0 aliphatic heterocycles. The first-order valence-corrected chi connectivity index (χ1v) is 10.2. The monoisotopic (exact) mass is 389 g/mol. The highest BCUT2D eigenvalue weighted by atomic mass is 32.1. The van der Waals surface area contributed by atoms with E-state index >= 15 is 0 Å². The number of pyridine rings is 1. The summed E-state index contributed by atoms with van der Waals surface area (Å²) in [7, 11) is 0. The van der Waals surface area contributed by atoms with Crippen molar-refractivity contribution in [2.75, 3.05) is 0 Å². The second-order valence-corrected chi connectivity index (χ2v) is 8.67. The van der Waals surface area contributed by atoms with Crippen LogP contribution in [0.3, 0.4) is 0 Å². The summed E-state index contributed by atoms with van der Waals surface area (Å²) in [6.45, 7) is 1.78. The van der Waals surface area contributed by atoms with Gasteiger partial charge in [0.05, 0.1) is 0 Å². The molecule has 1 aliphatic carbocycles. The Balaban J connectivity index is 1.75. The number of rotatable bonds is 4. The molecule has 1 N–H and O–H groups in total. The van der Waals surface area contributed by atoms with E-state index in [0.29, 0.717) is 17.2 Å². The maximum absolute atomic E-state index is 12.9. The topological polar surface area (TPSA) is 58.8 Å². The number of hydrogen-bond donors (Lipinski definition) is 1. The Morgan fingerprint density at radius 1 is 1.14 bits per heavy atom. The second-order valence-electron chi connectivity index (χ2n) is 7.46. The first-order chi connectivity index (χ1) is 13.5. The van der Waals surface area contributed by atoms with E-state index in [1.165, 1.54) is 32.1 Å². The minimum atomic E-state index is -1.05. The Morgan fingerprint density at radius 2 is 1.89 bits per heavy atom. The number of thiazole rings is 1. The highest BCUT2D eigenvalue weighted by molar-refractivity contribution is 7.17. The summed E-state index contributed by atoms with van der Waals surface area (Å²) in [5.74, 6) is -0.630. The van der Waals surface area contributed by atoms with Gasteiger partial charge >= 0.3 is 5.97 Å². The van der Waals surface area contributed by atoms with Gasteiger partial charge in [0.2, 0.25) is 0 Å². The molecule has 1 fully saturated rings. The first-order valence-electron chi connectivity index (χ1n) is 9.42. The van der Waals surface area contributed by atoms with Gasteiger partial charge in [-0.3, -0.25) is 9.20 Å². The molecule has 0 amide bonds. The molecule has 0 bridgehead atoms. The lowest BCUT2D eigenvalue weighted by Gasteiger charge is -2.13. The smallest absolute Gasteiger partial charge is 0.354 e. The van der Waals surface area contributed by atoms with Crippen LogP contribution in [0.5, 0.6) is 0 Å². The Kier molecular flexibility index (Phi) is 3.88. The minimum absolute atomic E-state index is 0.101. The molecule has 0 atom stereocenters. The average molecular weight is 389 g/mol. The first kappa shape index (κ1) is 17.2. The van der Waals surface area contributed by atoms with Crippen molar-refractivity contribution in [2.24, 2.45) is 0 Å². The molecule has 0 unspecified atom stereocenters. The Hall–Kier alpha value is -2.92. The van der Waals surface area contributed by atoms with Crippen molar-refractivity contribution in [2.45, 2.75) is 32.1 Å². The van der Waals surface area contributed by atoms with E-state index in [2.05, 4.69) is 30.3 Å². The number of aromatic carboxylic acids is 1. The maximum atomic E-state index is 12.9. The molecule has 5 rings (SSSR count). The summed E-state index contributed by atoms with van der Waals surface area (Å²) in [4.78, 5) is 26.1. The van der Waals surface area contributed by atoms with E-state index in [1.807, 2.05) is 12.1 Å². The largest absolute Gasteiger partial charge is 0.477 e. The van der Waals surface area contributed by atoms with Crippen molar-refractivity contribution in [3.05, 3.63) is 86.1 Å². The molecule has 4 aromatic rings. The lowest BCUT2D eigenvalue weighted by Crippen LogP contribution is -2.19. The normalized spacial score (nSPS) is 14.0. The third-order valence-corrected chi connectivity index (χ3v) is 6.65. The number of carbonyl (C=O) groups is 1. The molecule has 2 heterocycles. The molecule has 4 nitrogen and oxygen atoms in total. The van der Waals surface area contributed by atoms with Crippen LogP contribution in [0.25, 0.3) is 15.6 Å². The van der Waals surface area contributed by atoms with Crippen LogP contribution in [0.1, 0.15) is 50.8 Å². The van der Waals surface area contributed by atoms with Crippen molar-refractivity contribution in [1.29, 1.82) is 0 Å². The van der Waals surface area contributed by atoms with Crippen molar-refractivity contribution in [3.63, 3.8) is 0 Å². The average Bonchev–Trinajstić information content (AvgIpc) is 3.43. The summed E-state index contributed by atoms with van der Waals surface area (Å²) in [5, 5.41) is 12.0. The Morgan fingerprint density at radius 3 is 2.64 bits per heavy atom. The number of aromatic nitrogens is 1. The fourth-order valence-electron chi connectivity index (χ4n) is 4.17. The fourth-order valence-corrected chi connectivity index (χ4v) is 5.41. The number of benzene rings is 2. The van der Waals surface area contributed by atoms with Crippen molar-refractivity contribution in [1.82, 2.24) is 4.40 Å². The van der Waals surface area contributed by atoms with E-state index in [4.69, 9.17) is 0 Å². The van der Waals surface area contributed by atoms with Gasteiger partial charge in [-0.15, -0.1) is 11.3 Å². The quantitative estimate of drug-likeness (QED) is 0.535. The second kappa shape index (κ2) is 6.31. The lowest BCUT2D eigenvalue weighted by molar-refractivity contribution is 0.0688. The zero-order valence-electron chi connectivity index (χ0n) is 15.4. The van der Waals surface area contributed by atoms with Crippen molar-refractivity contribution < 1.29 is 9.90 Å². The van der Waals surface area contributed by atoms with Gasteiger partial charge in [0.25, 0.3) is 5.56 Å². The molecule has 1 aliphatic rings. The van der Waals surface area contributed by atoms with Gasteiger partial charge in [-0.25, -0.2) is 4.79 Å². The van der Waals surface area contributed by atoms with Gasteiger partial charge in [0.1, 0.15) is 10.5 Å². The zero-order chi connectivity index (χ0) is 19.4. The predicted molar refractivity (Wildman–Crippen MR) is 112 cm³/mol. The number of nitrogens with zero attached hydrogens (tertiary/aromatic N) is 1. The Bertz CT molecular complexity index is 1310. The summed E-state index contributed by atoms with van der Waals surface area (Å²) < 4.78 is 1.41. The Labute approximate surface area is 165 Å². The van der Waals surface area contributed by atoms with Crippen LogP contribution in [-0.2, 0) is 6.42 Å². The van der Waals surface area contributed by atoms with Crippen LogP contribution in [0.2, 0.25) is 0 Å². The van der Waals surface area contributed by atoms with Crippen LogP contribution in [0.15, 0.2) is 53.3 Å². The van der Waals surface area contributed by atoms with Gasteiger partial charge in [-0.1, -0.05) is 42.5 Å². The molecule has 0 radical (unpaired) electrons. The van der Waals surface area contributed by atoms with E-state index in [0.717, 1.165) is 28.8 Å². The summed E-state index contributed by atoms with van der Waals surface area (Å²) in [6, 6.07) is 16.2. The van der Waals surface area contributed by atoms with Crippen molar-refractivity contribution in [3.8, 4) is 0 Å². The van der Waals surface area contributed by atoms with Gasteiger partial charge in [-0.05, 0) is 59.6 Å². The van der Waals surface area contributed by atoms with Gasteiger partial charge in [-0.2, -0.15) is 0 Å². The highest BCUT2D eigenvalue weighted by Gasteiger charge is 2.31. The number of carboxylic acid groups (broad SMARTS) is 1. The molecule has 0 spiro atoms. The zero-order valence-corrected chi connectivity index (χ0v) is 16.3. The van der Waals surface area contributed by atoms with E-state index in [-0.39, 0.29) is 11.3 Å². The number of fused-ring (bicyclic) bond motifs is 2. The maximum Gasteiger partial charge on any atom is 0.354 e. The highest BCUT2D eigenvalue weighted by Crippen LogP contribution is 2.45. The molecule has 28 heavy (non-hydrogen) atoms. The van der Waals surface area contributed by atoms with E-state index in [1.54, 1.807) is 13.0 Å². The third kappa shape index (κ3) is 2.66. The van der Waals surface area contributed by atoms with E-state index in [9.17, 15) is 14.7 Å². The molecule has 2 aromatic heterocycles. The summed E-state index contributed by atoms with van der Waals surface area (Å²) >= 11 is 1.43. The van der Waals surface area contributed by atoms with E-state index < -0.39 is 5.97 Å². The van der Waals surface area contributed by atoms with Gasteiger partial charge < -0.3 is 5.11 Å². The predicted octanol–water partition coefficient (Wildman–Crippen LogP) is 4.99. The molecular weight excluding hydrogens is 370 g/mol. The SMILES string of the molecule is Cc1sc2c(C3CC3)c(Cc3cccc4ccccc34)cc(=O)n2c1C(=O)O. The van der Waals surface area contributed by atoms with Crippen LogP contribution in [0, 0.1) is 6.92 Å². The standard InChI is InChI=1S/C23H19NO3S/c1-13-21(23(26)27)24-19(25)12-17(20(15-9-10-15)22(24)28-13)11-16-7-4-6-14-5-2-3-8-18(14)16/h2-8,12,15H,9-11H2,1H3,(H,26,27). The number of aryl methyl sites for hydroxylation is 1. The van der Waals surface area contributed by atoms with Crippen molar-refractivity contribution >= 4 is 32.9 Å². The number of carboxylic acids is 1. The minimum Gasteiger partial charge on any atom is -0.477 e. The molecule has 1 saturated carbocycles. The molecule has 140 valence electrons. The molecule has 5 heteroatoms. The fraction of sp³-hybridized carbons (Fsp3) is 0.217. The molecular formula is C23H19NO3S. The molecule has 2 aromatic carbocycles. The third-order valence-electron chi connectivity index (χ3n) is 5.55. The number of hydrogen-bond acceptors (Lipinski definition) is 3. The van der Waals surface area contributed by atoms with Crippen LogP contribution < -0.4 is 5.56 Å². The van der Waals surface area contributed by atoms with Crippen LogP contribution in [0.4, 0.5) is 0 Å². The molecule has 0 saturated heterocycles. The summed E-state index contributed by atoms with van der Waals surface area (Å²) in [6.07, 6.45) is 2.86. The van der Waals surface area contributed by atoms with Crippen LogP contribution in [-0.4, -0.2) is 15.5 Å². The van der Waals surface area contributed by atoms with Crippen LogP contribution >= 0.6 is 11.3 Å². The summed E-state index contributed by atoms with van der Waals surface area (Å²) in [5.41, 5.74) is 3.23. The lowest BCUT2D eigenvalue weighted by atomic mass is 9.95.